The van der Waals surface area contributed by atoms with Crippen LogP contribution in [0.1, 0.15) is 47.8 Å². The molecule has 1 aliphatic rings. The van der Waals surface area contributed by atoms with E-state index in [0.717, 1.165) is 4.90 Å². The van der Waals surface area contributed by atoms with Crippen LogP contribution in [0.4, 0.5) is 13.2 Å². The summed E-state index contributed by atoms with van der Waals surface area (Å²) < 4.78 is 44.7. The molecule has 1 aliphatic heterocycles. The van der Waals surface area contributed by atoms with Crippen LogP contribution in [0.3, 0.4) is 0 Å². The fourth-order valence-electron chi connectivity index (χ4n) is 4.21. The van der Waals surface area contributed by atoms with Crippen molar-refractivity contribution in [3.63, 3.8) is 0 Å². The Kier molecular flexibility index (Phi) is 5.66. The lowest BCUT2D eigenvalue weighted by Crippen LogP contribution is -2.51. The summed E-state index contributed by atoms with van der Waals surface area (Å²) in [5.41, 5.74) is 1.43. The Labute approximate surface area is 203 Å². The number of benzene rings is 2. The van der Waals surface area contributed by atoms with Crippen molar-refractivity contribution in [2.45, 2.75) is 32.2 Å². The van der Waals surface area contributed by atoms with Crippen LogP contribution in [0.15, 0.2) is 65.2 Å². The van der Waals surface area contributed by atoms with E-state index in [1.54, 1.807) is 56.3 Å². The second-order valence-electron chi connectivity index (χ2n) is 8.85. The summed E-state index contributed by atoms with van der Waals surface area (Å²) in [6, 6.07) is 14.3. The smallest absolute Gasteiger partial charge is 0.314 e. The molecule has 36 heavy (non-hydrogen) atoms. The van der Waals surface area contributed by atoms with Gasteiger partial charge in [0, 0.05) is 17.3 Å². The van der Waals surface area contributed by atoms with Crippen LogP contribution in [0.25, 0.3) is 22.6 Å². The highest BCUT2D eigenvalue weighted by Crippen LogP contribution is 2.37. The largest absolute Gasteiger partial charge is 0.415 e. The zero-order valence-corrected chi connectivity index (χ0v) is 19.2. The number of hydrogen-bond donors (Lipinski definition) is 0. The summed E-state index contributed by atoms with van der Waals surface area (Å²) in [5.74, 6) is -2.25. The monoisotopic (exact) mass is 492 g/mol. The third-order valence-electron chi connectivity index (χ3n) is 6.15. The molecule has 2 aromatic carbocycles. The van der Waals surface area contributed by atoms with E-state index in [-0.39, 0.29) is 12.4 Å². The molecule has 0 fully saturated rings. The number of halogens is 3. The first kappa shape index (κ1) is 23.4. The van der Waals surface area contributed by atoms with Gasteiger partial charge in [-0.1, -0.05) is 30.3 Å². The minimum Gasteiger partial charge on any atom is -0.415 e. The van der Waals surface area contributed by atoms with Crippen molar-refractivity contribution in [1.82, 2.24) is 20.1 Å². The van der Waals surface area contributed by atoms with Gasteiger partial charge in [-0.25, -0.2) is 4.39 Å². The van der Waals surface area contributed by atoms with E-state index in [0.29, 0.717) is 33.5 Å². The van der Waals surface area contributed by atoms with Gasteiger partial charge in [-0.3, -0.25) is 19.5 Å². The highest BCUT2D eigenvalue weighted by Gasteiger charge is 2.44. The molecular formula is C26H19F3N4O3. The minimum atomic E-state index is -2.89. The number of pyridine rings is 1. The number of nitrogens with zero attached hydrogens (tertiary/aromatic N) is 4. The maximum Gasteiger partial charge on any atom is 0.314 e. The lowest BCUT2D eigenvalue weighted by Gasteiger charge is -2.37. The Bertz CT molecular complexity index is 1480. The van der Waals surface area contributed by atoms with Crippen LogP contribution in [-0.4, -0.2) is 31.9 Å². The van der Waals surface area contributed by atoms with E-state index < -0.39 is 35.4 Å². The van der Waals surface area contributed by atoms with Crippen molar-refractivity contribution in [2.24, 2.45) is 0 Å². The summed E-state index contributed by atoms with van der Waals surface area (Å²) in [4.78, 5) is 32.1. The summed E-state index contributed by atoms with van der Waals surface area (Å²) in [6.07, 6.45) is -1.55. The first-order chi connectivity index (χ1) is 17.2. The molecule has 0 aliphatic carbocycles. The Morgan fingerprint density at radius 1 is 0.972 bits per heavy atom. The van der Waals surface area contributed by atoms with E-state index in [4.69, 9.17) is 4.42 Å². The maximum atomic E-state index is 14.4. The average molecular weight is 492 g/mol. The minimum absolute atomic E-state index is 0.114. The topological polar surface area (TPSA) is 89.2 Å². The van der Waals surface area contributed by atoms with Gasteiger partial charge in [0.2, 0.25) is 11.8 Å². The van der Waals surface area contributed by atoms with Crippen LogP contribution in [0, 0.1) is 5.82 Å². The van der Waals surface area contributed by atoms with E-state index >= 15 is 0 Å². The van der Waals surface area contributed by atoms with Gasteiger partial charge in [0.15, 0.2) is 0 Å². The molecule has 0 atom stereocenters. The molecule has 5 rings (SSSR count). The number of carbonyl (C=O) groups is 2. The molecule has 0 unspecified atom stereocenters. The SMILES string of the molecule is CC1(C)C(=O)N(Cc2ccc(-c3nnc(C(F)F)o3)cn2)C(=O)c2cc(-c3ccccc3F)ccc21. The highest BCUT2D eigenvalue weighted by atomic mass is 19.3. The van der Waals surface area contributed by atoms with Crippen LogP contribution in [-0.2, 0) is 16.8 Å². The molecule has 7 nitrogen and oxygen atoms in total. The summed E-state index contributed by atoms with van der Waals surface area (Å²) >= 11 is 0. The molecule has 0 radical (unpaired) electrons. The number of hydrogen-bond acceptors (Lipinski definition) is 6. The van der Waals surface area contributed by atoms with Gasteiger partial charge in [-0.15, -0.1) is 10.2 Å². The number of alkyl halides is 2. The van der Waals surface area contributed by atoms with E-state index in [2.05, 4.69) is 15.2 Å². The van der Waals surface area contributed by atoms with Crippen molar-refractivity contribution < 1.29 is 27.2 Å². The first-order valence-electron chi connectivity index (χ1n) is 11.0. The number of aromatic nitrogens is 3. The second-order valence-corrected chi connectivity index (χ2v) is 8.85. The fourth-order valence-corrected chi connectivity index (χ4v) is 4.21. The molecule has 2 amide bonds. The fraction of sp³-hybridized carbons (Fsp3) is 0.192. The predicted molar refractivity (Wildman–Crippen MR) is 122 cm³/mol. The third kappa shape index (κ3) is 3.94. The highest BCUT2D eigenvalue weighted by molar-refractivity contribution is 6.13. The van der Waals surface area contributed by atoms with E-state index in [1.807, 2.05) is 0 Å². The van der Waals surface area contributed by atoms with Crippen molar-refractivity contribution in [1.29, 1.82) is 0 Å². The van der Waals surface area contributed by atoms with Gasteiger partial charge in [0.25, 0.3) is 11.8 Å². The Hall–Kier alpha value is -4.34. The lowest BCUT2D eigenvalue weighted by atomic mass is 9.76. The molecule has 0 N–H and O–H groups in total. The summed E-state index contributed by atoms with van der Waals surface area (Å²) in [6.45, 7) is 3.34. The number of amides is 2. The Morgan fingerprint density at radius 2 is 1.72 bits per heavy atom. The van der Waals surface area contributed by atoms with Gasteiger partial charge in [0.05, 0.1) is 23.2 Å². The van der Waals surface area contributed by atoms with E-state index in [1.165, 1.54) is 18.3 Å². The molecule has 0 saturated carbocycles. The maximum absolute atomic E-state index is 14.4. The second kappa shape index (κ2) is 8.71. The Balaban J connectivity index is 1.45. The summed E-state index contributed by atoms with van der Waals surface area (Å²) in [5, 5.41) is 6.86. The molecule has 3 heterocycles. The molecule has 4 aromatic rings. The number of carbonyl (C=O) groups excluding carboxylic acids is 2. The number of fused-ring (bicyclic) bond motifs is 1. The number of rotatable bonds is 5. The average Bonchev–Trinajstić information content (AvgIpc) is 3.37. The molecule has 0 bridgehead atoms. The third-order valence-corrected chi connectivity index (χ3v) is 6.15. The van der Waals surface area contributed by atoms with Crippen LogP contribution in [0.2, 0.25) is 0 Å². The van der Waals surface area contributed by atoms with Crippen LogP contribution < -0.4 is 0 Å². The molecule has 0 saturated heterocycles. The zero-order chi connectivity index (χ0) is 25.6. The van der Waals surface area contributed by atoms with Gasteiger partial charge in [-0.2, -0.15) is 8.78 Å². The molecular weight excluding hydrogens is 473 g/mol. The van der Waals surface area contributed by atoms with Crippen LogP contribution in [0.5, 0.6) is 0 Å². The lowest BCUT2D eigenvalue weighted by molar-refractivity contribution is -0.134. The van der Waals surface area contributed by atoms with Crippen LogP contribution >= 0.6 is 0 Å². The van der Waals surface area contributed by atoms with Crippen molar-refractivity contribution in [3.05, 3.63) is 89.3 Å². The van der Waals surface area contributed by atoms with E-state index in [9.17, 15) is 22.8 Å². The number of imide groups is 1. The van der Waals surface area contributed by atoms with Crippen molar-refractivity contribution >= 4 is 11.8 Å². The summed E-state index contributed by atoms with van der Waals surface area (Å²) in [7, 11) is 0. The van der Waals surface area contributed by atoms with Gasteiger partial charge in [-0.05, 0) is 49.2 Å². The molecule has 2 aromatic heterocycles. The van der Waals surface area contributed by atoms with Gasteiger partial charge >= 0.3 is 6.43 Å². The normalized spacial score (nSPS) is 14.9. The molecule has 182 valence electrons. The zero-order valence-electron chi connectivity index (χ0n) is 19.2. The van der Waals surface area contributed by atoms with Crippen molar-refractivity contribution in [2.75, 3.05) is 0 Å². The standard InChI is InChI=1S/C26H19F3N4O3/c1-26(2)19-10-8-14(17-5-3-4-6-20(17)27)11-18(19)24(34)33(25(26)35)13-16-9-7-15(12-30-16)22-31-32-23(36-22)21(28)29/h3-12,21H,13H2,1-2H3. The van der Waals surface area contributed by atoms with Crippen molar-refractivity contribution in [3.8, 4) is 22.6 Å². The molecule has 0 spiro atoms. The van der Waals surface area contributed by atoms with Gasteiger partial charge in [0.1, 0.15) is 5.82 Å². The predicted octanol–water partition coefficient (Wildman–Crippen LogP) is 5.34. The quantitative estimate of drug-likeness (QED) is 0.350. The molecule has 10 heteroatoms. The Morgan fingerprint density at radius 3 is 2.39 bits per heavy atom. The van der Waals surface area contributed by atoms with Gasteiger partial charge < -0.3 is 4.42 Å². The first-order valence-corrected chi connectivity index (χ1v) is 11.0.